The Balaban J connectivity index is 0.000000533. The number of hydrogen-bond acceptors (Lipinski definition) is 4. The van der Waals surface area contributed by atoms with Gasteiger partial charge in [-0.2, -0.15) is 0 Å². The minimum absolute atomic E-state index is 0.242. The van der Waals surface area contributed by atoms with Crippen LogP contribution in [-0.2, 0) is 22.7 Å². The molecule has 0 saturated carbocycles. The van der Waals surface area contributed by atoms with Crippen molar-refractivity contribution in [1.29, 1.82) is 0 Å². The molecule has 0 aromatic heterocycles. The fourth-order valence-corrected chi connectivity index (χ4v) is 3.86. The Hall–Kier alpha value is -3.04. The van der Waals surface area contributed by atoms with E-state index in [4.69, 9.17) is 10.2 Å². The number of carboxylic acid groups (broad SMARTS) is 2. The summed E-state index contributed by atoms with van der Waals surface area (Å²) in [6.45, 7) is 7.18. The van der Waals surface area contributed by atoms with Crippen LogP contribution in [0.1, 0.15) is 25.0 Å². The first-order chi connectivity index (χ1) is 16.6. The molecule has 0 aliphatic heterocycles. The van der Waals surface area contributed by atoms with Crippen LogP contribution in [0.2, 0.25) is 0 Å². The number of aliphatic hydroxyl groups excluding tert-OH is 2. The molecule has 0 aliphatic rings. The maximum absolute atomic E-state index is 9.55. The molecule has 0 aliphatic carbocycles. The number of likely N-dealkylation sites (N-methyl/N-ethyl adjacent to an activating group) is 2. The molecule has 36 heavy (non-hydrogen) atoms. The highest BCUT2D eigenvalue weighted by Crippen LogP contribution is 2.10. The van der Waals surface area contributed by atoms with E-state index in [2.05, 4.69) is 76.7 Å². The van der Waals surface area contributed by atoms with Crippen LogP contribution in [0.3, 0.4) is 0 Å². The predicted molar refractivity (Wildman–Crippen MR) is 142 cm³/mol. The Morgan fingerprint density at radius 3 is 1.17 bits per heavy atom. The Kier molecular flexibility index (Phi) is 15.2. The van der Waals surface area contributed by atoms with E-state index in [1.807, 2.05) is 26.0 Å². The van der Waals surface area contributed by atoms with Gasteiger partial charge in [0.2, 0.25) is 0 Å². The first-order valence-corrected chi connectivity index (χ1v) is 11.8. The molecule has 0 fully saturated rings. The zero-order chi connectivity index (χ0) is 27.8. The topological polar surface area (TPSA) is 115 Å². The molecule has 8 nitrogen and oxygen atoms in total. The lowest BCUT2D eigenvalue weighted by atomic mass is 10.2. The molecule has 0 heterocycles. The van der Waals surface area contributed by atoms with Crippen LogP contribution in [0.15, 0.2) is 72.8 Å². The maximum Gasteiger partial charge on any atom is 0.328 e. The standard InChI is InChI=1S/2C12H20NO.C4H4O4/c2*1-11(14)9-13(2,3)10-12-7-5-4-6-8-12;5-3(6)1-2-4(7)8/h2*4-8,11,14H,9-10H2,1-3H3;1-2H,(H,5,6)(H,7,8)/q2*+1;/b;;2-1+. The van der Waals surface area contributed by atoms with Gasteiger partial charge in [-0.1, -0.05) is 60.7 Å². The highest BCUT2D eigenvalue weighted by molar-refractivity contribution is 5.89. The number of carboxylic acids is 2. The number of rotatable bonds is 10. The molecule has 2 rings (SSSR count). The van der Waals surface area contributed by atoms with Crippen LogP contribution in [0.4, 0.5) is 0 Å². The van der Waals surface area contributed by atoms with Crippen molar-refractivity contribution in [1.82, 2.24) is 0 Å². The lowest BCUT2D eigenvalue weighted by Gasteiger charge is -2.31. The number of quaternary nitrogens is 2. The van der Waals surface area contributed by atoms with Crippen LogP contribution < -0.4 is 0 Å². The van der Waals surface area contributed by atoms with E-state index < -0.39 is 11.9 Å². The van der Waals surface area contributed by atoms with Crippen molar-refractivity contribution in [3.8, 4) is 0 Å². The quantitative estimate of drug-likeness (QED) is 0.292. The summed E-state index contributed by atoms with van der Waals surface area (Å²) in [6.07, 6.45) is 0.632. The molecule has 0 amide bonds. The van der Waals surface area contributed by atoms with E-state index in [1.54, 1.807) is 0 Å². The third kappa shape index (κ3) is 19.3. The molecule has 4 N–H and O–H groups in total. The molecular weight excluding hydrogens is 460 g/mol. The zero-order valence-corrected chi connectivity index (χ0v) is 22.4. The average molecular weight is 505 g/mol. The Labute approximate surface area is 215 Å². The number of carbonyl (C=O) groups is 2. The van der Waals surface area contributed by atoms with Gasteiger partial charge in [-0.25, -0.2) is 9.59 Å². The van der Waals surface area contributed by atoms with Crippen LogP contribution >= 0.6 is 0 Å². The monoisotopic (exact) mass is 504 g/mol. The largest absolute Gasteiger partial charge is 0.478 e. The van der Waals surface area contributed by atoms with Gasteiger partial charge in [0.25, 0.3) is 0 Å². The van der Waals surface area contributed by atoms with Crippen LogP contribution in [0.5, 0.6) is 0 Å². The highest BCUT2D eigenvalue weighted by atomic mass is 16.4. The first kappa shape index (κ1) is 33.0. The van der Waals surface area contributed by atoms with Gasteiger partial charge in [-0.15, -0.1) is 0 Å². The maximum atomic E-state index is 9.55. The van der Waals surface area contributed by atoms with Gasteiger partial charge in [0.1, 0.15) is 38.4 Å². The minimum Gasteiger partial charge on any atom is -0.478 e. The summed E-state index contributed by atoms with van der Waals surface area (Å²) in [5.74, 6) is -2.51. The summed E-state index contributed by atoms with van der Waals surface area (Å²) in [5.41, 5.74) is 2.64. The number of aliphatic hydroxyl groups is 2. The zero-order valence-electron chi connectivity index (χ0n) is 22.4. The molecule has 8 heteroatoms. The van der Waals surface area contributed by atoms with Crippen molar-refractivity contribution < 1.29 is 39.0 Å². The summed E-state index contributed by atoms with van der Waals surface area (Å²) in [4.78, 5) is 19.1. The second-order valence-electron chi connectivity index (χ2n) is 10.2. The van der Waals surface area contributed by atoms with Crippen LogP contribution in [-0.4, -0.2) is 94.8 Å². The van der Waals surface area contributed by atoms with Crippen molar-refractivity contribution in [2.45, 2.75) is 39.1 Å². The third-order valence-corrected chi connectivity index (χ3v) is 4.79. The van der Waals surface area contributed by atoms with Gasteiger partial charge in [0.05, 0.1) is 28.2 Å². The fourth-order valence-electron chi connectivity index (χ4n) is 3.86. The molecule has 0 bridgehead atoms. The predicted octanol–water partition coefficient (Wildman–Crippen LogP) is 3.00. The molecule has 2 unspecified atom stereocenters. The van der Waals surface area contributed by atoms with Gasteiger partial charge >= 0.3 is 11.9 Å². The molecule has 2 aromatic carbocycles. The summed E-state index contributed by atoms with van der Waals surface area (Å²) in [5, 5.41) is 34.3. The average Bonchev–Trinajstić information content (AvgIpc) is 2.72. The lowest BCUT2D eigenvalue weighted by molar-refractivity contribution is -0.906. The van der Waals surface area contributed by atoms with Crippen molar-refractivity contribution in [3.05, 3.63) is 83.9 Å². The Bertz CT molecular complexity index is 835. The SMILES string of the molecule is CC(O)C[N+](C)(C)Cc1ccccc1.CC(O)C[N+](C)(C)Cc1ccccc1.O=C(O)/C=C/C(=O)O. The smallest absolute Gasteiger partial charge is 0.328 e. The summed E-state index contributed by atoms with van der Waals surface area (Å²) >= 11 is 0. The first-order valence-electron chi connectivity index (χ1n) is 11.8. The van der Waals surface area contributed by atoms with E-state index >= 15 is 0 Å². The van der Waals surface area contributed by atoms with E-state index in [0.717, 1.165) is 35.1 Å². The Morgan fingerprint density at radius 1 is 0.667 bits per heavy atom. The molecule has 0 radical (unpaired) electrons. The summed E-state index contributed by atoms with van der Waals surface area (Å²) < 4.78 is 1.64. The molecule has 0 saturated heterocycles. The van der Waals surface area contributed by atoms with Crippen molar-refractivity contribution in [2.24, 2.45) is 0 Å². The molecule has 2 aromatic rings. The van der Waals surface area contributed by atoms with Gasteiger partial charge in [-0.3, -0.25) is 0 Å². The van der Waals surface area contributed by atoms with Gasteiger partial charge in [0.15, 0.2) is 0 Å². The molecule has 2 atom stereocenters. The summed E-state index contributed by atoms with van der Waals surface area (Å²) in [7, 11) is 8.55. The van der Waals surface area contributed by atoms with E-state index in [9.17, 15) is 19.8 Å². The number of hydrogen-bond donors (Lipinski definition) is 4. The van der Waals surface area contributed by atoms with Crippen LogP contribution in [0, 0.1) is 0 Å². The lowest BCUT2D eigenvalue weighted by Crippen LogP contribution is -2.43. The van der Waals surface area contributed by atoms with Crippen molar-refractivity contribution in [2.75, 3.05) is 41.3 Å². The molecule has 200 valence electrons. The second-order valence-corrected chi connectivity index (χ2v) is 10.2. The third-order valence-electron chi connectivity index (χ3n) is 4.79. The number of aliphatic carboxylic acids is 2. The van der Waals surface area contributed by atoms with E-state index in [1.165, 1.54) is 11.1 Å². The van der Waals surface area contributed by atoms with Gasteiger partial charge in [0, 0.05) is 23.3 Å². The van der Waals surface area contributed by atoms with E-state index in [0.29, 0.717) is 12.2 Å². The van der Waals surface area contributed by atoms with Gasteiger partial charge < -0.3 is 29.4 Å². The second kappa shape index (κ2) is 16.6. The van der Waals surface area contributed by atoms with Crippen LogP contribution in [0.25, 0.3) is 0 Å². The normalized spacial score (nSPS) is 13.0. The Morgan fingerprint density at radius 2 is 0.944 bits per heavy atom. The molecular formula is C28H44N2O6+2. The fraction of sp³-hybridized carbons (Fsp3) is 0.429. The van der Waals surface area contributed by atoms with Gasteiger partial charge in [-0.05, 0) is 13.8 Å². The minimum atomic E-state index is -1.26. The van der Waals surface area contributed by atoms with E-state index in [-0.39, 0.29) is 12.2 Å². The molecule has 0 spiro atoms. The summed E-state index contributed by atoms with van der Waals surface area (Å²) in [6, 6.07) is 20.8. The number of nitrogens with zero attached hydrogens (tertiary/aromatic N) is 2. The highest BCUT2D eigenvalue weighted by Gasteiger charge is 2.18. The number of benzene rings is 2. The van der Waals surface area contributed by atoms with Crippen molar-refractivity contribution in [3.63, 3.8) is 0 Å². The van der Waals surface area contributed by atoms with Crippen molar-refractivity contribution >= 4 is 11.9 Å².